The summed E-state index contributed by atoms with van der Waals surface area (Å²) in [6.07, 6.45) is -0.368. The molecule has 1 amide bonds. The van der Waals surface area contributed by atoms with Gasteiger partial charge in [-0.3, -0.25) is 19.7 Å². The molecule has 0 N–H and O–H groups in total. The van der Waals surface area contributed by atoms with Crippen LogP contribution in [0.25, 0.3) is 0 Å². The summed E-state index contributed by atoms with van der Waals surface area (Å²) in [7, 11) is 0. The number of anilines is 1. The van der Waals surface area contributed by atoms with E-state index in [-0.39, 0.29) is 22.9 Å². The molecule has 1 aliphatic rings. The van der Waals surface area contributed by atoms with E-state index in [2.05, 4.69) is 0 Å². The summed E-state index contributed by atoms with van der Waals surface area (Å²) in [5.41, 5.74) is 2.46. The van der Waals surface area contributed by atoms with Crippen molar-refractivity contribution in [3.8, 4) is 0 Å². The van der Waals surface area contributed by atoms with Crippen LogP contribution in [0.1, 0.15) is 45.7 Å². The first-order valence-electron chi connectivity index (χ1n) is 9.10. The molecule has 8 nitrogen and oxygen atoms in total. The summed E-state index contributed by atoms with van der Waals surface area (Å²) in [5, 5.41) is 10.9. The molecular formula is C21H20N2O6. The lowest BCUT2D eigenvalue weighted by molar-refractivity contribution is -0.385. The summed E-state index contributed by atoms with van der Waals surface area (Å²) >= 11 is 0. The second-order valence-electron chi connectivity index (χ2n) is 6.93. The predicted molar refractivity (Wildman–Crippen MR) is 105 cm³/mol. The van der Waals surface area contributed by atoms with Crippen molar-refractivity contribution in [1.29, 1.82) is 0 Å². The fourth-order valence-corrected chi connectivity index (χ4v) is 3.39. The van der Waals surface area contributed by atoms with Gasteiger partial charge in [-0.15, -0.1) is 0 Å². The Labute approximate surface area is 167 Å². The molecule has 150 valence electrons. The molecule has 8 heteroatoms. The lowest BCUT2D eigenvalue weighted by Gasteiger charge is -2.16. The van der Waals surface area contributed by atoms with Gasteiger partial charge in [0, 0.05) is 36.3 Å². The minimum Gasteiger partial charge on any atom is -0.451 e. The van der Waals surface area contributed by atoms with E-state index in [1.165, 1.54) is 39.0 Å². The molecule has 0 unspecified atom stereocenters. The Morgan fingerprint density at radius 3 is 2.45 bits per heavy atom. The molecule has 0 saturated heterocycles. The topological polar surface area (TPSA) is 107 Å². The first kappa shape index (κ1) is 20.2. The number of ketones is 1. The first-order chi connectivity index (χ1) is 13.7. The van der Waals surface area contributed by atoms with Crippen LogP contribution in [0.2, 0.25) is 0 Å². The van der Waals surface area contributed by atoms with E-state index in [0.29, 0.717) is 24.1 Å². The van der Waals surface area contributed by atoms with Gasteiger partial charge in [0.2, 0.25) is 11.7 Å². The third kappa shape index (κ3) is 4.01. The van der Waals surface area contributed by atoms with Crippen LogP contribution in [-0.2, 0) is 16.0 Å². The number of Topliss-reactive ketones (excluding diaryl/α,β-unsaturated/α-hetero) is 1. The van der Waals surface area contributed by atoms with Crippen molar-refractivity contribution in [2.45, 2.75) is 33.3 Å². The van der Waals surface area contributed by atoms with Gasteiger partial charge in [-0.25, -0.2) is 4.79 Å². The van der Waals surface area contributed by atoms with Gasteiger partial charge in [0.1, 0.15) is 0 Å². The Bertz CT molecular complexity index is 1030. The predicted octanol–water partition coefficient (Wildman–Crippen LogP) is 3.24. The Morgan fingerprint density at radius 2 is 1.83 bits per heavy atom. The van der Waals surface area contributed by atoms with Crippen LogP contribution in [0.15, 0.2) is 36.4 Å². The van der Waals surface area contributed by atoms with Crippen LogP contribution in [0, 0.1) is 17.0 Å². The molecule has 0 aromatic heterocycles. The van der Waals surface area contributed by atoms with Crippen LogP contribution >= 0.6 is 0 Å². The number of esters is 1. The molecule has 1 atom stereocenters. The summed E-state index contributed by atoms with van der Waals surface area (Å²) < 4.78 is 5.26. The summed E-state index contributed by atoms with van der Waals surface area (Å²) in [6.45, 7) is 5.08. The number of aryl methyl sites for hydroxylation is 1. The number of carbonyl (C=O) groups excluding carboxylic acids is 3. The van der Waals surface area contributed by atoms with Crippen LogP contribution in [0.5, 0.6) is 0 Å². The maximum atomic E-state index is 12.7. The van der Waals surface area contributed by atoms with E-state index in [9.17, 15) is 24.5 Å². The van der Waals surface area contributed by atoms with E-state index in [4.69, 9.17) is 4.74 Å². The number of hydrogen-bond donors (Lipinski definition) is 0. The van der Waals surface area contributed by atoms with Crippen LogP contribution in [-0.4, -0.2) is 35.2 Å². The fourth-order valence-electron chi connectivity index (χ4n) is 3.39. The molecule has 29 heavy (non-hydrogen) atoms. The average Bonchev–Trinajstić information content (AvgIpc) is 3.10. The quantitative estimate of drug-likeness (QED) is 0.332. The summed E-state index contributed by atoms with van der Waals surface area (Å²) in [5.74, 6) is -1.14. The average molecular weight is 396 g/mol. The third-order valence-electron chi connectivity index (χ3n) is 4.92. The fraction of sp³-hybridized carbons (Fsp3) is 0.286. The Hall–Kier alpha value is -3.55. The molecule has 2 aromatic rings. The Kier molecular flexibility index (Phi) is 5.45. The molecular weight excluding hydrogens is 376 g/mol. The van der Waals surface area contributed by atoms with Crippen molar-refractivity contribution >= 4 is 29.0 Å². The molecule has 0 fully saturated rings. The van der Waals surface area contributed by atoms with Gasteiger partial charge in [0.15, 0.2) is 6.10 Å². The second-order valence-corrected chi connectivity index (χ2v) is 6.93. The van der Waals surface area contributed by atoms with E-state index < -0.39 is 17.0 Å². The van der Waals surface area contributed by atoms with Crippen LogP contribution < -0.4 is 4.90 Å². The minimum atomic E-state index is -1.03. The van der Waals surface area contributed by atoms with Gasteiger partial charge >= 0.3 is 5.97 Å². The smallest absolute Gasteiger partial charge is 0.338 e. The molecule has 0 radical (unpaired) electrons. The number of ether oxygens (including phenoxy) is 1. The molecule has 1 aliphatic heterocycles. The first-order valence-corrected chi connectivity index (χ1v) is 9.10. The van der Waals surface area contributed by atoms with Crippen LogP contribution in [0.4, 0.5) is 11.4 Å². The minimum absolute atomic E-state index is 0.0523. The number of carbonyl (C=O) groups is 3. The molecule has 2 aromatic carbocycles. The Morgan fingerprint density at radius 1 is 1.14 bits per heavy atom. The molecule has 0 spiro atoms. The lowest BCUT2D eigenvalue weighted by Crippen LogP contribution is -2.26. The largest absolute Gasteiger partial charge is 0.451 e. The van der Waals surface area contributed by atoms with Crippen molar-refractivity contribution in [3.05, 3.63) is 68.8 Å². The van der Waals surface area contributed by atoms with Gasteiger partial charge in [-0.1, -0.05) is 0 Å². The number of nitro groups is 1. The number of benzene rings is 2. The zero-order chi connectivity index (χ0) is 21.3. The second kappa shape index (κ2) is 7.83. The zero-order valence-corrected chi connectivity index (χ0v) is 16.3. The summed E-state index contributed by atoms with van der Waals surface area (Å²) in [4.78, 5) is 48.7. The highest BCUT2D eigenvalue weighted by Gasteiger charge is 2.26. The normalized spacial score (nSPS) is 13.6. The maximum absolute atomic E-state index is 12.7. The standard InChI is InChI=1S/C21H20N2O6/c1-12-10-17(5-6-18(12)23(27)28)21(26)29-13(2)20(25)16-4-7-19-15(11-16)8-9-22(19)14(3)24/h4-7,10-11,13H,8-9H2,1-3H3/t13-/m0/s1. The third-order valence-corrected chi connectivity index (χ3v) is 4.92. The Balaban J connectivity index is 1.73. The zero-order valence-electron chi connectivity index (χ0n) is 16.3. The molecule has 3 rings (SSSR count). The van der Waals surface area contributed by atoms with Crippen molar-refractivity contribution < 1.29 is 24.0 Å². The van der Waals surface area contributed by atoms with Gasteiger partial charge < -0.3 is 9.64 Å². The van der Waals surface area contributed by atoms with Gasteiger partial charge in [-0.05, 0) is 56.2 Å². The molecule has 0 saturated carbocycles. The SMILES string of the molecule is CC(=O)N1CCc2cc(C(=O)[C@H](C)OC(=O)c3ccc([N+](=O)[O-])c(C)c3)ccc21. The van der Waals surface area contributed by atoms with Gasteiger partial charge in [0.05, 0.1) is 10.5 Å². The van der Waals surface area contributed by atoms with E-state index in [0.717, 1.165) is 11.3 Å². The molecule has 0 bridgehead atoms. The van der Waals surface area contributed by atoms with E-state index in [1.54, 1.807) is 23.1 Å². The monoisotopic (exact) mass is 396 g/mol. The highest BCUT2D eigenvalue weighted by atomic mass is 16.6. The van der Waals surface area contributed by atoms with E-state index >= 15 is 0 Å². The summed E-state index contributed by atoms with van der Waals surface area (Å²) in [6, 6.07) is 8.97. The van der Waals surface area contributed by atoms with Crippen molar-refractivity contribution in [1.82, 2.24) is 0 Å². The number of amides is 1. The highest BCUT2D eigenvalue weighted by Crippen LogP contribution is 2.29. The number of nitro benzene ring substituents is 1. The number of nitrogens with zero attached hydrogens (tertiary/aromatic N) is 2. The number of hydrogen-bond acceptors (Lipinski definition) is 6. The molecule has 0 aliphatic carbocycles. The number of fused-ring (bicyclic) bond motifs is 1. The van der Waals surface area contributed by atoms with Crippen molar-refractivity contribution in [3.63, 3.8) is 0 Å². The van der Waals surface area contributed by atoms with Crippen molar-refractivity contribution in [2.24, 2.45) is 0 Å². The number of rotatable bonds is 5. The maximum Gasteiger partial charge on any atom is 0.338 e. The van der Waals surface area contributed by atoms with Crippen LogP contribution in [0.3, 0.4) is 0 Å². The van der Waals surface area contributed by atoms with Crippen molar-refractivity contribution in [2.75, 3.05) is 11.4 Å². The van der Waals surface area contributed by atoms with Gasteiger partial charge in [-0.2, -0.15) is 0 Å². The van der Waals surface area contributed by atoms with Gasteiger partial charge in [0.25, 0.3) is 5.69 Å². The lowest BCUT2D eigenvalue weighted by atomic mass is 10.0. The molecule has 1 heterocycles. The highest BCUT2D eigenvalue weighted by molar-refractivity contribution is 6.02. The van der Waals surface area contributed by atoms with E-state index in [1.807, 2.05) is 0 Å².